The summed E-state index contributed by atoms with van der Waals surface area (Å²) < 4.78 is 25.3. The van der Waals surface area contributed by atoms with E-state index in [1.807, 2.05) is 36.4 Å². The highest BCUT2D eigenvalue weighted by atomic mass is 32.2. The molecule has 0 saturated carbocycles. The first kappa shape index (κ1) is 13.2. The molecule has 0 spiro atoms. The van der Waals surface area contributed by atoms with Crippen LogP contribution >= 0.6 is 0 Å². The molecule has 0 unspecified atom stereocenters. The second-order valence-corrected chi connectivity index (χ2v) is 4.51. The Morgan fingerprint density at radius 2 is 1.32 bits per heavy atom. The molecule has 98 valence electrons. The Balaban J connectivity index is 2.08. The van der Waals surface area contributed by atoms with E-state index >= 15 is 0 Å². The molecule has 0 atom stereocenters. The lowest BCUT2D eigenvalue weighted by molar-refractivity contribution is 0.510. The van der Waals surface area contributed by atoms with Gasteiger partial charge in [-0.05, 0) is 35.4 Å². The SMILES string of the molecule is Nc1ccc(C=Cc2ccc(O[SH](=O)=O)cc2)cc1. The van der Waals surface area contributed by atoms with Crippen molar-refractivity contribution in [3.8, 4) is 5.75 Å². The number of anilines is 1. The lowest BCUT2D eigenvalue weighted by atomic mass is 10.1. The Hall–Kier alpha value is -2.27. The van der Waals surface area contributed by atoms with Gasteiger partial charge in [-0.15, -0.1) is 0 Å². The van der Waals surface area contributed by atoms with Gasteiger partial charge < -0.3 is 9.92 Å². The van der Waals surface area contributed by atoms with Crippen LogP contribution in [0.3, 0.4) is 0 Å². The maximum atomic E-state index is 10.4. The van der Waals surface area contributed by atoms with Gasteiger partial charge >= 0.3 is 0 Å². The molecule has 0 saturated heterocycles. The maximum Gasteiger partial charge on any atom is 0.299 e. The van der Waals surface area contributed by atoms with Gasteiger partial charge in [-0.3, -0.25) is 0 Å². The zero-order valence-electron chi connectivity index (χ0n) is 10.0. The fraction of sp³-hybridized carbons (Fsp3) is 0. The number of nitrogens with two attached hydrogens (primary N) is 1. The third-order valence-corrected chi connectivity index (χ3v) is 2.82. The lowest BCUT2D eigenvalue weighted by Crippen LogP contribution is -1.89. The fourth-order valence-corrected chi connectivity index (χ4v) is 1.82. The second-order valence-electron chi connectivity index (χ2n) is 3.88. The smallest absolute Gasteiger partial charge is 0.299 e. The molecule has 0 aliphatic heterocycles. The highest BCUT2D eigenvalue weighted by molar-refractivity contribution is 7.67. The topological polar surface area (TPSA) is 69.4 Å². The molecule has 0 aromatic heterocycles. The predicted molar refractivity (Wildman–Crippen MR) is 77.2 cm³/mol. The van der Waals surface area contributed by atoms with Crippen LogP contribution in [0.1, 0.15) is 11.1 Å². The van der Waals surface area contributed by atoms with Gasteiger partial charge in [0.1, 0.15) is 5.75 Å². The minimum absolute atomic E-state index is 0.306. The summed E-state index contributed by atoms with van der Waals surface area (Å²) in [6.07, 6.45) is 3.87. The standard InChI is InChI=1S/C14H13NO3S/c15-13-7-3-11(4-8-13)1-2-12-5-9-14(10-6-12)18-19(16)17/h1-10,19H,15H2. The van der Waals surface area contributed by atoms with Crippen molar-refractivity contribution < 1.29 is 12.6 Å². The monoisotopic (exact) mass is 275 g/mol. The van der Waals surface area contributed by atoms with E-state index in [9.17, 15) is 8.42 Å². The summed E-state index contributed by atoms with van der Waals surface area (Å²) in [5.41, 5.74) is 8.32. The molecule has 4 nitrogen and oxygen atoms in total. The quantitative estimate of drug-likeness (QED) is 0.510. The Morgan fingerprint density at radius 1 is 0.842 bits per heavy atom. The van der Waals surface area contributed by atoms with Crippen molar-refractivity contribution in [2.75, 3.05) is 5.73 Å². The second kappa shape index (κ2) is 6.06. The number of benzene rings is 2. The molecule has 0 aliphatic rings. The number of hydrogen-bond donors (Lipinski definition) is 2. The number of rotatable bonds is 4. The van der Waals surface area contributed by atoms with Crippen molar-refractivity contribution in [3.63, 3.8) is 0 Å². The molecule has 5 heteroatoms. The van der Waals surface area contributed by atoms with Crippen LogP contribution in [0.25, 0.3) is 12.2 Å². The molecule has 0 amide bonds. The van der Waals surface area contributed by atoms with E-state index in [0.717, 1.165) is 16.8 Å². The van der Waals surface area contributed by atoms with Gasteiger partial charge in [0, 0.05) is 5.69 Å². The maximum absolute atomic E-state index is 10.4. The summed E-state index contributed by atoms with van der Waals surface area (Å²) >= 11 is 0. The Morgan fingerprint density at radius 3 is 1.79 bits per heavy atom. The van der Waals surface area contributed by atoms with Crippen LogP contribution < -0.4 is 9.92 Å². The number of thiol groups is 1. The molecule has 0 radical (unpaired) electrons. The van der Waals surface area contributed by atoms with Gasteiger partial charge in [0.2, 0.25) is 0 Å². The van der Waals surface area contributed by atoms with E-state index < -0.39 is 11.0 Å². The van der Waals surface area contributed by atoms with Crippen molar-refractivity contribution >= 4 is 28.8 Å². The molecule has 0 bridgehead atoms. The molecule has 0 aliphatic carbocycles. The highest BCUT2D eigenvalue weighted by Crippen LogP contribution is 2.15. The molecule has 2 rings (SSSR count). The third kappa shape index (κ3) is 4.15. The summed E-state index contributed by atoms with van der Waals surface area (Å²) in [4.78, 5) is 0. The zero-order valence-corrected chi connectivity index (χ0v) is 10.9. The normalized spacial score (nSPS) is 11.0. The molecule has 0 fully saturated rings. The Bertz CT molecular complexity index is 635. The molecular formula is C14H13NO3S. The van der Waals surface area contributed by atoms with Crippen molar-refractivity contribution in [2.24, 2.45) is 0 Å². The molecule has 2 aromatic rings. The van der Waals surface area contributed by atoms with Crippen molar-refractivity contribution in [3.05, 3.63) is 59.7 Å². The summed E-state index contributed by atoms with van der Waals surface area (Å²) in [5.74, 6) is 0.306. The van der Waals surface area contributed by atoms with E-state index in [1.54, 1.807) is 24.3 Å². The molecule has 2 aromatic carbocycles. The van der Waals surface area contributed by atoms with Crippen LogP contribution in [0.2, 0.25) is 0 Å². The number of nitrogen functional groups attached to an aromatic ring is 1. The predicted octanol–water partition coefficient (Wildman–Crippen LogP) is 2.34. The van der Waals surface area contributed by atoms with Gasteiger partial charge in [0.05, 0.1) is 0 Å². The van der Waals surface area contributed by atoms with Crippen LogP contribution in [0.4, 0.5) is 5.69 Å². The average Bonchev–Trinajstić information content (AvgIpc) is 2.39. The van der Waals surface area contributed by atoms with E-state index in [0.29, 0.717) is 5.75 Å². The average molecular weight is 275 g/mol. The van der Waals surface area contributed by atoms with Crippen molar-refractivity contribution in [1.82, 2.24) is 0 Å². The van der Waals surface area contributed by atoms with Crippen LogP contribution in [0.5, 0.6) is 5.75 Å². The zero-order chi connectivity index (χ0) is 13.7. The fourth-order valence-electron chi connectivity index (χ4n) is 1.53. The summed E-state index contributed by atoms with van der Waals surface area (Å²) in [7, 11) is -2.86. The van der Waals surface area contributed by atoms with Crippen LogP contribution in [-0.4, -0.2) is 8.42 Å². The first-order chi connectivity index (χ1) is 9.13. The summed E-state index contributed by atoms with van der Waals surface area (Å²) in [6.45, 7) is 0. The number of hydrogen-bond acceptors (Lipinski definition) is 4. The van der Waals surface area contributed by atoms with Gasteiger partial charge in [-0.2, -0.15) is 8.42 Å². The molecule has 2 N–H and O–H groups in total. The van der Waals surface area contributed by atoms with Gasteiger partial charge in [0.25, 0.3) is 11.0 Å². The van der Waals surface area contributed by atoms with Crippen molar-refractivity contribution in [2.45, 2.75) is 0 Å². The van der Waals surface area contributed by atoms with Gasteiger partial charge in [-0.1, -0.05) is 36.4 Å². The third-order valence-electron chi connectivity index (χ3n) is 2.46. The van der Waals surface area contributed by atoms with Crippen molar-refractivity contribution in [1.29, 1.82) is 0 Å². The molecule has 19 heavy (non-hydrogen) atoms. The largest absolute Gasteiger partial charge is 0.399 e. The first-order valence-electron chi connectivity index (χ1n) is 5.59. The minimum Gasteiger partial charge on any atom is -0.399 e. The highest BCUT2D eigenvalue weighted by Gasteiger charge is 1.94. The van der Waals surface area contributed by atoms with Crippen LogP contribution in [0.15, 0.2) is 48.5 Å². The summed E-state index contributed by atoms with van der Waals surface area (Å²) in [5, 5.41) is 0. The van der Waals surface area contributed by atoms with E-state index in [4.69, 9.17) is 5.73 Å². The van der Waals surface area contributed by atoms with Gasteiger partial charge in [-0.25, -0.2) is 0 Å². The molecule has 0 heterocycles. The van der Waals surface area contributed by atoms with Gasteiger partial charge in [0.15, 0.2) is 0 Å². The van der Waals surface area contributed by atoms with Crippen LogP contribution in [-0.2, 0) is 11.0 Å². The lowest BCUT2D eigenvalue weighted by Gasteiger charge is -1.98. The van der Waals surface area contributed by atoms with E-state index in [1.165, 1.54) is 0 Å². The minimum atomic E-state index is -2.86. The van der Waals surface area contributed by atoms with E-state index in [-0.39, 0.29) is 0 Å². The van der Waals surface area contributed by atoms with Crippen LogP contribution in [0, 0.1) is 0 Å². The summed E-state index contributed by atoms with van der Waals surface area (Å²) in [6, 6.07) is 14.3. The Labute approximate surface area is 113 Å². The Kier molecular flexibility index (Phi) is 4.20. The van der Waals surface area contributed by atoms with E-state index in [2.05, 4.69) is 4.18 Å². The molecular weight excluding hydrogens is 262 g/mol. The first-order valence-corrected chi connectivity index (χ1v) is 6.69.